The highest BCUT2D eigenvalue weighted by Gasteiger charge is 2.12. The van der Waals surface area contributed by atoms with Gasteiger partial charge in [-0.1, -0.05) is 13.8 Å². The summed E-state index contributed by atoms with van der Waals surface area (Å²) in [5.74, 6) is 0.129. The van der Waals surface area contributed by atoms with Crippen LogP contribution in [0.3, 0.4) is 0 Å². The topological polar surface area (TPSA) is 85.2 Å². The van der Waals surface area contributed by atoms with Crippen molar-refractivity contribution < 1.29 is 4.79 Å². The number of pyridine rings is 1. The monoisotopic (exact) mass is 236 g/mol. The molecule has 0 fully saturated rings. The van der Waals surface area contributed by atoms with Crippen molar-refractivity contribution in [2.45, 2.75) is 26.7 Å². The van der Waals surface area contributed by atoms with Crippen LogP contribution < -0.4 is 16.4 Å². The van der Waals surface area contributed by atoms with Gasteiger partial charge in [-0.15, -0.1) is 0 Å². The average molecular weight is 236 g/mol. The summed E-state index contributed by atoms with van der Waals surface area (Å²) in [5, 5.41) is 0. The molecular weight excluding hydrogens is 216 g/mol. The fourth-order valence-corrected chi connectivity index (χ4v) is 1.71. The van der Waals surface area contributed by atoms with Gasteiger partial charge in [0.2, 0.25) is 0 Å². The van der Waals surface area contributed by atoms with Crippen LogP contribution >= 0.6 is 0 Å². The van der Waals surface area contributed by atoms with Crippen molar-refractivity contribution in [2.75, 3.05) is 23.7 Å². The standard InChI is InChI=1S/C12H20N4O/c1-3-7-16(8-4-2)12-9(13)5-6-10(15-12)11(14)17/h5-6H,3-4,7-8,13H2,1-2H3,(H2,14,17). The molecule has 1 heterocycles. The summed E-state index contributed by atoms with van der Waals surface area (Å²) in [6.07, 6.45) is 2.00. The molecule has 0 bridgehead atoms. The Morgan fingerprint density at radius 2 is 1.88 bits per heavy atom. The van der Waals surface area contributed by atoms with Crippen LogP contribution in [0.1, 0.15) is 37.2 Å². The molecule has 17 heavy (non-hydrogen) atoms. The van der Waals surface area contributed by atoms with Gasteiger partial charge in [-0.05, 0) is 25.0 Å². The molecule has 0 aliphatic carbocycles. The molecule has 1 aromatic heterocycles. The van der Waals surface area contributed by atoms with Gasteiger partial charge in [-0.3, -0.25) is 4.79 Å². The van der Waals surface area contributed by atoms with E-state index in [2.05, 4.69) is 23.7 Å². The molecule has 1 aromatic rings. The Bertz CT molecular complexity index is 386. The van der Waals surface area contributed by atoms with E-state index in [4.69, 9.17) is 11.5 Å². The predicted molar refractivity (Wildman–Crippen MR) is 70.0 cm³/mol. The third-order valence-electron chi connectivity index (χ3n) is 2.44. The lowest BCUT2D eigenvalue weighted by Gasteiger charge is -2.24. The maximum Gasteiger partial charge on any atom is 0.267 e. The quantitative estimate of drug-likeness (QED) is 0.781. The van der Waals surface area contributed by atoms with E-state index in [0.717, 1.165) is 25.9 Å². The van der Waals surface area contributed by atoms with Gasteiger partial charge in [0, 0.05) is 13.1 Å². The molecule has 0 aromatic carbocycles. The Labute approximate surface area is 102 Å². The Morgan fingerprint density at radius 3 is 2.35 bits per heavy atom. The van der Waals surface area contributed by atoms with Crippen LogP contribution in [0.4, 0.5) is 11.5 Å². The van der Waals surface area contributed by atoms with Gasteiger partial charge in [0.15, 0.2) is 5.82 Å². The number of carbonyl (C=O) groups excluding carboxylic acids is 1. The van der Waals surface area contributed by atoms with E-state index in [1.54, 1.807) is 12.1 Å². The summed E-state index contributed by atoms with van der Waals surface area (Å²) in [6.45, 7) is 5.92. The minimum absolute atomic E-state index is 0.256. The molecule has 1 rings (SSSR count). The zero-order valence-electron chi connectivity index (χ0n) is 10.4. The minimum atomic E-state index is -0.529. The first-order valence-corrected chi connectivity index (χ1v) is 5.91. The second-order valence-corrected chi connectivity index (χ2v) is 3.96. The van der Waals surface area contributed by atoms with E-state index in [1.165, 1.54) is 0 Å². The first kappa shape index (κ1) is 13.3. The summed E-state index contributed by atoms with van der Waals surface area (Å²) < 4.78 is 0. The normalized spacial score (nSPS) is 10.2. The van der Waals surface area contributed by atoms with E-state index in [0.29, 0.717) is 11.5 Å². The summed E-state index contributed by atoms with van der Waals surface area (Å²) in [4.78, 5) is 17.4. The molecule has 0 atom stereocenters. The van der Waals surface area contributed by atoms with Gasteiger partial charge >= 0.3 is 0 Å². The second kappa shape index (κ2) is 6.08. The number of nitrogens with zero attached hydrogens (tertiary/aromatic N) is 2. The Morgan fingerprint density at radius 1 is 1.29 bits per heavy atom. The third-order valence-corrected chi connectivity index (χ3v) is 2.44. The second-order valence-electron chi connectivity index (χ2n) is 3.96. The zero-order chi connectivity index (χ0) is 12.8. The number of amides is 1. The van der Waals surface area contributed by atoms with Crippen LogP contribution in [0.25, 0.3) is 0 Å². The molecule has 0 saturated heterocycles. The van der Waals surface area contributed by atoms with Crippen LogP contribution in [0.2, 0.25) is 0 Å². The van der Waals surface area contributed by atoms with Gasteiger partial charge in [0.25, 0.3) is 5.91 Å². The number of rotatable bonds is 6. The molecule has 94 valence electrons. The molecular formula is C12H20N4O. The van der Waals surface area contributed by atoms with Gasteiger partial charge in [0.05, 0.1) is 5.69 Å². The van der Waals surface area contributed by atoms with E-state index < -0.39 is 5.91 Å². The van der Waals surface area contributed by atoms with E-state index in [-0.39, 0.29) is 5.69 Å². The van der Waals surface area contributed by atoms with Crippen LogP contribution in [0.5, 0.6) is 0 Å². The number of anilines is 2. The van der Waals surface area contributed by atoms with Crippen LogP contribution in [0, 0.1) is 0 Å². The lowest BCUT2D eigenvalue weighted by molar-refractivity contribution is 0.0995. The maximum atomic E-state index is 11.1. The largest absolute Gasteiger partial charge is 0.396 e. The molecule has 4 N–H and O–H groups in total. The highest BCUT2D eigenvalue weighted by atomic mass is 16.1. The summed E-state index contributed by atoms with van der Waals surface area (Å²) in [6, 6.07) is 3.23. The van der Waals surface area contributed by atoms with Crippen molar-refractivity contribution in [3.05, 3.63) is 17.8 Å². The highest BCUT2D eigenvalue weighted by Crippen LogP contribution is 2.21. The molecule has 0 aliphatic rings. The van der Waals surface area contributed by atoms with Crippen molar-refractivity contribution >= 4 is 17.4 Å². The van der Waals surface area contributed by atoms with Crippen molar-refractivity contribution in [3.8, 4) is 0 Å². The van der Waals surface area contributed by atoms with Gasteiger partial charge in [0.1, 0.15) is 5.69 Å². The van der Waals surface area contributed by atoms with Crippen molar-refractivity contribution in [3.63, 3.8) is 0 Å². The van der Waals surface area contributed by atoms with E-state index in [9.17, 15) is 4.79 Å². The number of primary amides is 1. The zero-order valence-corrected chi connectivity index (χ0v) is 10.4. The lowest BCUT2D eigenvalue weighted by Crippen LogP contribution is -2.28. The van der Waals surface area contributed by atoms with Crippen LogP contribution in [-0.2, 0) is 0 Å². The number of aromatic nitrogens is 1. The summed E-state index contributed by atoms with van der Waals surface area (Å²) >= 11 is 0. The lowest BCUT2D eigenvalue weighted by atomic mass is 10.2. The maximum absolute atomic E-state index is 11.1. The molecule has 5 nitrogen and oxygen atoms in total. The first-order valence-electron chi connectivity index (χ1n) is 5.91. The Hall–Kier alpha value is -1.78. The number of carbonyl (C=O) groups is 1. The van der Waals surface area contributed by atoms with E-state index >= 15 is 0 Å². The Kier molecular flexibility index (Phi) is 4.75. The highest BCUT2D eigenvalue weighted by molar-refractivity contribution is 5.91. The molecule has 5 heteroatoms. The van der Waals surface area contributed by atoms with Gasteiger partial charge < -0.3 is 16.4 Å². The van der Waals surface area contributed by atoms with Crippen molar-refractivity contribution in [1.29, 1.82) is 0 Å². The minimum Gasteiger partial charge on any atom is -0.396 e. The summed E-state index contributed by atoms with van der Waals surface area (Å²) in [5.41, 5.74) is 12.0. The number of hydrogen-bond acceptors (Lipinski definition) is 4. The molecule has 0 saturated carbocycles. The number of hydrogen-bond donors (Lipinski definition) is 2. The fraction of sp³-hybridized carbons (Fsp3) is 0.500. The van der Waals surface area contributed by atoms with Crippen molar-refractivity contribution in [2.24, 2.45) is 5.73 Å². The van der Waals surface area contributed by atoms with Crippen LogP contribution in [0.15, 0.2) is 12.1 Å². The first-order chi connectivity index (χ1) is 8.10. The predicted octanol–water partition coefficient (Wildman–Crippen LogP) is 1.39. The number of nitrogen functional groups attached to an aromatic ring is 1. The van der Waals surface area contributed by atoms with Crippen LogP contribution in [-0.4, -0.2) is 24.0 Å². The average Bonchev–Trinajstić information content (AvgIpc) is 2.29. The fourth-order valence-electron chi connectivity index (χ4n) is 1.71. The van der Waals surface area contributed by atoms with Gasteiger partial charge in [-0.25, -0.2) is 4.98 Å². The molecule has 0 unspecified atom stereocenters. The molecule has 1 amide bonds. The molecule has 0 spiro atoms. The third kappa shape index (κ3) is 3.34. The molecule has 0 radical (unpaired) electrons. The number of nitrogens with two attached hydrogens (primary N) is 2. The van der Waals surface area contributed by atoms with Gasteiger partial charge in [-0.2, -0.15) is 0 Å². The SMILES string of the molecule is CCCN(CCC)c1nc(C(N)=O)ccc1N. The molecule has 0 aliphatic heterocycles. The van der Waals surface area contributed by atoms with Crippen molar-refractivity contribution in [1.82, 2.24) is 4.98 Å². The summed E-state index contributed by atoms with van der Waals surface area (Å²) in [7, 11) is 0. The van der Waals surface area contributed by atoms with E-state index in [1.807, 2.05) is 0 Å². The smallest absolute Gasteiger partial charge is 0.267 e. The Balaban J connectivity index is 3.07.